The second-order valence-electron chi connectivity index (χ2n) is 3.85. The molecule has 98 valence electrons. The molecule has 1 heterocycles. The number of para-hydroxylation sites is 1. The van der Waals surface area contributed by atoms with Crippen LogP contribution in [0.15, 0.2) is 47.8 Å². The summed E-state index contributed by atoms with van der Waals surface area (Å²) in [5.74, 6) is 0.512. The van der Waals surface area contributed by atoms with Gasteiger partial charge < -0.3 is 15.3 Å². The molecular formula is C14H15N3O2. The predicted octanol–water partition coefficient (Wildman–Crippen LogP) is 1.92. The number of rotatable bonds is 5. The van der Waals surface area contributed by atoms with E-state index in [-0.39, 0.29) is 5.75 Å². The third-order valence-electron chi connectivity index (χ3n) is 2.58. The summed E-state index contributed by atoms with van der Waals surface area (Å²) in [4.78, 5) is 3.94. The monoisotopic (exact) mass is 257 g/mol. The molecule has 5 nitrogen and oxygen atoms in total. The minimum atomic E-state index is 0.0828. The summed E-state index contributed by atoms with van der Waals surface area (Å²) >= 11 is 0. The van der Waals surface area contributed by atoms with Crippen molar-refractivity contribution in [2.24, 2.45) is 5.10 Å². The Morgan fingerprint density at radius 1 is 1.32 bits per heavy atom. The lowest BCUT2D eigenvalue weighted by Gasteiger charge is -2.05. The molecule has 0 aliphatic heterocycles. The van der Waals surface area contributed by atoms with Gasteiger partial charge in [-0.15, -0.1) is 0 Å². The van der Waals surface area contributed by atoms with Gasteiger partial charge in [0.1, 0.15) is 0 Å². The van der Waals surface area contributed by atoms with E-state index in [4.69, 9.17) is 4.74 Å². The van der Waals surface area contributed by atoms with Crippen LogP contribution in [-0.2, 0) is 6.54 Å². The van der Waals surface area contributed by atoms with E-state index in [1.54, 1.807) is 36.8 Å². The summed E-state index contributed by atoms with van der Waals surface area (Å²) < 4.78 is 5.02. The number of hydrogen-bond acceptors (Lipinski definition) is 5. The third kappa shape index (κ3) is 3.45. The smallest absolute Gasteiger partial charge is 0.166 e. The topological polar surface area (TPSA) is 66.7 Å². The molecule has 2 rings (SSSR count). The summed E-state index contributed by atoms with van der Waals surface area (Å²) in [5, 5.41) is 13.9. The molecule has 0 saturated carbocycles. The Kier molecular flexibility index (Phi) is 4.34. The number of hydrazone groups is 1. The molecule has 0 atom stereocenters. The van der Waals surface area contributed by atoms with E-state index in [0.29, 0.717) is 17.9 Å². The van der Waals surface area contributed by atoms with Gasteiger partial charge in [0, 0.05) is 18.0 Å². The van der Waals surface area contributed by atoms with E-state index in [9.17, 15) is 5.11 Å². The molecule has 0 spiro atoms. The molecule has 0 unspecified atom stereocenters. The summed E-state index contributed by atoms with van der Waals surface area (Å²) in [6, 6.07) is 9.06. The molecule has 2 N–H and O–H groups in total. The molecule has 19 heavy (non-hydrogen) atoms. The molecule has 0 bridgehead atoms. The van der Waals surface area contributed by atoms with Crippen LogP contribution in [0.4, 0.5) is 0 Å². The number of ether oxygens (including phenoxy) is 1. The van der Waals surface area contributed by atoms with Gasteiger partial charge in [0.05, 0.1) is 19.9 Å². The first-order valence-electron chi connectivity index (χ1n) is 5.82. The normalized spacial score (nSPS) is 10.6. The van der Waals surface area contributed by atoms with E-state index >= 15 is 0 Å². The molecule has 2 aromatic rings. The largest absolute Gasteiger partial charge is 0.504 e. The van der Waals surface area contributed by atoms with Crippen LogP contribution in [0, 0.1) is 0 Å². The van der Waals surface area contributed by atoms with Crippen molar-refractivity contribution in [2.75, 3.05) is 7.11 Å². The van der Waals surface area contributed by atoms with Crippen molar-refractivity contribution in [3.05, 3.63) is 53.9 Å². The standard InChI is InChI=1S/C14H15N3O2/c1-19-13-4-2-3-12(14(13)18)10-17-16-9-11-5-7-15-8-6-11/h2-8,10,16,18H,9H2,1H3. The average Bonchev–Trinajstić information content (AvgIpc) is 2.46. The van der Waals surface area contributed by atoms with Crippen molar-refractivity contribution < 1.29 is 9.84 Å². The van der Waals surface area contributed by atoms with Crippen LogP contribution in [0.5, 0.6) is 11.5 Å². The van der Waals surface area contributed by atoms with Crippen molar-refractivity contribution in [2.45, 2.75) is 6.54 Å². The lowest BCUT2D eigenvalue weighted by atomic mass is 10.2. The molecular weight excluding hydrogens is 242 g/mol. The Hall–Kier alpha value is -2.56. The second kappa shape index (κ2) is 6.39. The van der Waals surface area contributed by atoms with Gasteiger partial charge in [0.25, 0.3) is 0 Å². The Morgan fingerprint density at radius 2 is 2.11 bits per heavy atom. The minimum Gasteiger partial charge on any atom is -0.504 e. The maximum Gasteiger partial charge on any atom is 0.166 e. The van der Waals surface area contributed by atoms with Crippen molar-refractivity contribution in [3.63, 3.8) is 0 Å². The van der Waals surface area contributed by atoms with Gasteiger partial charge in [-0.25, -0.2) is 0 Å². The van der Waals surface area contributed by atoms with Crippen molar-refractivity contribution in [1.82, 2.24) is 10.4 Å². The highest BCUT2D eigenvalue weighted by molar-refractivity contribution is 5.84. The van der Waals surface area contributed by atoms with Crippen LogP contribution in [-0.4, -0.2) is 23.4 Å². The Labute approximate surface area is 111 Å². The zero-order valence-electron chi connectivity index (χ0n) is 10.6. The lowest BCUT2D eigenvalue weighted by molar-refractivity contribution is 0.373. The van der Waals surface area contributed by atoms with Gasteiger partial charge in [-0.3, -0.25) is 4.98 Å². The number of benzene rings is 1. The zero-order chi connectivity index (χ0) is 13.5. The molecule has 0 radical (unpaired) electrons. The zero-order valence-corrected chi connectivity index (χ0v) is 10.6. The van der Waals surface area contributed by atoms with Gasteiger partial charge in [0.2, 0.25) is 0 Å². The van der Waals surface area contributed by atoms with E-state index in [0.717, 1.165) is 5.56 Å². The van der Waals surface area contributed by atoms with E-state index in [1.807, 2.05) is 12.1 Å². The molecule has 0 aliphatic rings. The predicted molar refractivity (Wildman–Crippen MR) is 73.3 cm³/mol. The average molecular weight is 257 g/mol. The molecule has 1 aromatic heterocycles. The fourth-order valence-corrected chi connectivity index (χ4v) is 1.56. The number of methoxy groups -OCH3 is 1. The number of nitrogens with zero attached hydrogens (tertiary/aromatic N) is 2. The molecule has 5 heteroatoms. The summed E-state index contributed by atoms with van der Waals surface area (Å²) in [6.07, 6.45) is 5.02. The van der Waals surface area contributed by atoms with Gasteiger partial charge in [-0.2, -0.15) is 5.10 Å². The number of phenols is 1. The molecule has 0 aliphatic carbocycles. The third-order valence-corrected chi connectivity index (χ3v) is 2.58. The number of phenolic OH excluding ortho intramolecular Hbond substituents is 1. The lowest BCUT2D eigenvalue weighted by Crippen LogP contribution is -2.05. The summed E-state index contributed by atoms with van der Waals surface area (Å²) in [6.45, 7) is 0.601. The van der Waals surface area contributed by atoms with E-state index < -0.39 is 0 Å². The summed E-state index contributed by atoms with van der Waals surface area (Å²) in [5.41, 5.74) is 4.59. The first-order chi connectivity index (χ1) is 9.31. The van der Waals surface area contributed by atoms with Gasteiger partial charge >= 0.3 is 0 Å². The van der Waals surface area contributed by atoms with Crippen molar-refractivity contribution >= 4 is 6.21 Å². The van der Waals surface area contributed by atoms with Crippen molar-refractivity contribution in [1.29, 1.82) is 0 Å². The Morgan fingerprint density at radius 3 is 2.84 bits per heavy atom. The van der Waals surface area contributed by atoms with Crippen LogP contribution in [0.2, 0.25) is 0 Å². The summed E-state index contributed by atoms with van der Waals surface area (Å²) in [7, 11) is 1.51. The maximum atomic E-state index is 9.85. The van der Waals surface area contributed by atoms with Crippen LogP contribution in [0.25, 0.3) is 0 Å². The molecule has 0 fully saturated rings. The SMILES string of the molecule is COc1cccc(C=NNCc2ccncc2)c1O. The fourth-order valence-electron chi connectivity index (χ4n) is 1.56. The van der Waals surface area contributed by atoms with Crippen LogP contribution in [0.3, 0.4) is 0 Å². The van der Waals surface area contributed by atoms with Gasteiger partial charge in [-0.1, -0.05) is 6.07 Å². The van der Waals surface area contributed by atoms with E-state index in [2.05, 4.69) is 15.5 Å². The Balaban J connectivity index is 1.96. The molecule has 1 aromatic carbocycles. The number of aromatic hydroxyl groups is 1. The molecule has 0 saturated heterocycles. The molecule has 0 amide bonds. The number of nitrogens with one attached hydrogen (secondary N) is 1. The van der Waals surface area contributed by atoms with Gasteiger partial charge in [-0.05, 0) is 29.8 Å². The number of pyridine rings is 1. The number of hydrogen-bond donors (Lipinski definition) is 2. The number of aromatic nitrogens is 1. The quantitative estimate of drug-likeness (QED) is 0.634. The second-order valence-corrected chi connectivity index (χ2v) is 3.85. The van der Waals surface area contributed by atoms with Crippen LogP contribution >= 0.6 is 0 Å². The maximum absolute atomic E-state index is 9.85. The van der Waals surface area contributed by atoms with Crippen molar-refractivity contribution in [3.8, 4) is 11.5 Å². The van der Waals surface area contributed by atoms with Crippen LogP contribution in [0.1, 0.15) is 11.1 Å². The first kappa shape index (κ1) is 12.9. The fraction of sp³-hybridized carbons (Fsp3) is 0.143. The minimum absolute atomic E-state index is 0.0828. The highest BCUT2D eigenvalue weighted by atomic mass is 16.5. The van der Waals surface area contributed by atoms with E-state index in [1.165, 1.54) is 7.11 Å². The highest BCUT2D eigenvalue weighted by Crippen LogP contribution is 2.27. The first-order valence-corrected chi connectivity index (χ1v) is 5.82. The van der Waals surface area contributed by atoms with Crippen LogP contribution < -0.4 is 10.2 Å². The highest BCUT2D eigenvalue weighted by Gasteiger charge is 2.04. The van der Waals surface area contributed by atoms with Gasteiger partial charge in [0.15, 0.2) is 11.5 Å². The Bertz CT molecular complexity index is 556.